The van der Waals surface area contributed by atoms with Gasteiger partial charge in [-0.15, -0.1) is 0 Å². The van der Waals surface area contributed by atoms with Gasteiger partial charge in [0, 0.05) is 26.1 Å². The van der Waals surface area contributed by atoms with E-state index in [2.05, 4.69) is 15.3 Å². The Morgan fingerprint density at radius 3 is 2.82 bits per heavy atom. The van der Waals surface area contributed by atoms with Gasteiger partial charge in [0.05, 0.1) is 6.54 Å². The largest absolute Gasteiger partial charge is 0.370 e. The molecule has 0 aromatic heterocycles. The first-order chi connectivity index (χ1) is 10.3. The summed E-state index contributed by atoms with van der Waals surface area (Å²) in [4.78, 5) is 33.0. The zero-order valence-corrected chi connectivity index (χ0v) is 12.7. The molecule has 1 unspecified atom stereocenters. The summed E-state index contributed by atoms with van der Waals surface area (Å²) < 4.78 is 0. The minimum Gasteiger partial charge on any atom is -0.370 e. The van der Waals surface area contributed by atoms with Crippen molar-refractivity contribution in [2.75, 3.05) is 20.1 Å². The molecular weight excluding hydrogens is 288 g/mol. The van der Waals surface area contributed by atoms with Crippen molar-refractivity contribution in [1.29, 1.82) is 0 Å². The van der Waals surface area contributed by atoms with Crippen LogP contribution < -0.4 is 28.3 Å². The molecule has 0 radical (unpaired) electrons. The zero-order valence-electron chi connectivity index (χ0n) is 12.7. The Bertz CT molecular complexity index is 472. The van der Waals surface area contributed by atoms with Crippen molar-refractivity contribution in [1.82, 2.24) is 10.2 Å². The Labute approximate surface area is 129 Å². The van der Waals surface area contributed by atoms with Crippen LogP contribution in [-0.4, -0.2) is 60.9 Å². The van der Waals surface area contributed by atoms with Gasteiger partial charge in [0.2, 0.25) is 5.91 Å². The molecule has 0 aliphatic carbocycles. The molecule has 0 saturated heterocycles. The van der Waals surface area contributed by atoms with Gasteiger partial charge >= 0.3 is 0 Å². The van der Waals surface area contributed by atoms with Gasteiger partial charge in [-0.25, -0.2) is 0 Å². The Morgan fingerprint density at radius 1 is 1.55 bits per heavy atom. The topological polar surface area (TPSA) is 178 Å². The van der Waals surface area contributed by atoms with Crippen molar-refractivity contribution in [3.05, 3.63) is 0 Å². The molecule has 10 heteroatoms. The van der Waals surface area contributed by atoms with Gasteiger partial charge in [0.1, 0.15) is 6.04 Å². The number of carbonyl (C=O) groups is 2. The molecule has 2 atom stereocenters. The van der Waals surface area contributed by atoms with Gasteiger partial charge in [0.15, 0.2) is 11.9 Å². The number of nitrogens with zero attached hydrogens (tertiary/aromatic N) is 3. The van der Waals surface area contributed by atoms with Crippen LogP contribution in [0, 0.1) is 0 Å². The maximum absolute atomic E-state index is 12.1. The number of carbonyl (C=O) groups excluding carboxylic acids is 2. The Kier molecular flexibility index (Phi) is 6.57. The van der Waals surface area contributed by atoms with E-state index >= 15 is 0 Å². The molecule has 22 heavy (non-hydrogen) atoms. The molecule has 2 amide bonds. The predicted octanol–water partition coefficient (Wildman–Crippen LogP) is -2.97. The third kappa shape index (κ3) is 5.56. The van der Waals surface area contributed by atoms with E-state index in [4.69, 9.17) is 22.9 Å². The number of nitrogens with one attached hydrogen (secondary N) is 1. The summed E-state index contributed by atoms with van der Waals surface area (Å²) in [6, 6.07) is -0.974. The molecule has 1 heterocycles. The zero-order chi connectivity index (χ0) is 16.7. The van der Waals surface area contributed by atoms with Crippen molar-refractivity contribution in [3.8, 4) is 0 Å². The van der Waals surface area contributed by atoms with Crippen LogP contribution in [-0.2, 0) is 9.59 Å². The maximum Gasteiger partial charge on any atom is 0.251 e. The molecule has 0 bridgehead atoms. The van der Waals surface area contributed by atoms with Crippen molar-refractivity contribution in [2.45, 2.75) is 31.3 Å². The Hall–Kier alpha value is -2.36. The van der Waals surface area contributed by atoms with E-state index in [1.54, 1.807) is 7.05 Å². The highest BCUT2D eigenvalue weighted by atomic mass is 16.2. The molecule has 0 aromatic carbocycles. The average Bonchev–Trinajstić information content (AvgIpc) is 2.42. The van der Waals surface area contributed by atoms with E-state index < -0.39 is 6.04 Å². The highest BCUT2D eigenvalue weighted by Gasteiger charge is 2.30. The van der Waals surface area contributed by atoms with Crippen molar-refractivity contribution >= 4 is 23.7 Å². The van der Waals surface area contributed by atoms with Gasteiger partial charge in [-0.2, -0.15) is 0 Å². The number of nitrogens with two attached hydrogens (primary N) is 4. The molecule has 10 nitrogen and oxygen atoms in total. The van der Waals surface area contributed by atoms with Crippen LogP contribution in [0.2, 0.25) is 0 Å². The lowest BCUT2D eigenvalue weighted by Crippen LogP contribution is -2.56. The van der Waals surface area contributed by atoms with Crippen LogP contribution in [0.3, 0.4) is 0 Å². The second-order valence-corrected chi connectivity index (χ2v) is 5.15. The third-order valence-corrected chi connectivity index (χ3v) is 3.31. The molecule has 9 N–H and O–H groups in total. The van der Waals surface area contributed by atoms with Crippen LogP contribution >= 0.6 is 0 Å². The number of aliphatic imine (C=N–C) groups is 2. The summed E-state index contributed by atoms with van der Waals surface area (Å²) in [6.45, 7) is 0.624. The Morgan fingerprint density at radius 2 is 2.23 bits per heavy atom. The molecule has 0 aromatic rings. The number of guanidine groups is 2. The molecular formula is C12H24N8O2. The number of hydrogen-bond donors (Lipinski definition) is 5. The summed E-state index contributed by atoms with van der Waals surface area (Å²) in [5, 5.41) is 2.40. The Balaban J connectivity index is 2.40. The van der Waals surface area contributed by atoms with E-state index in [1.165, 1.54) is 4.90 Å². The predicted molar refractivity (Wildman–Crippen MR) is 83.7 cm³/mol. The molecule has 124 valence electrons. The normalized spacial score (nSPS) is 18.9. The first kappa shape index (κ1) is 17.7. The lowest BCUT2D eigenvalue weighted by Gasteiger charge is -2.29. The second-order valence-electron chi connectivity index (χ2n) is 5.15. The smallest absolute Gasteiger partial charge is 0.251 e. The van der Waals surface area contributed by atoms with Gasteiger partial charge in [-0.1, -0.05) is 0 Å². The second kappa shape index (κ2) is 8.17. The van der Waals surface area contributed by atoms with Crippen LogP contribution in [0.15, 0.2) is 9.98 Å². The monoisotopic (exact) mass is 312 g/mol. The minimum atomic E-state index is -0.659. The molecule has 0 spiro atoms. The summed E-state index contributed by atoms with van der Waals surface area (Å²) >= 11 is 0. The number of hydrogen-bond acceptors (Lipinski definition) is 6. The summed E-state index contributed by atoms with van der Waals surface area (Å²) in [7, 11) is 1.55. The number of amides is 2. The minimum absolute atomic E-state index is 0.0347. The van der Waals surface area contributed by atoms with Gasteiger partial charge in [-0.05, 0) is 12.8 Å². The quantitative estimate of drug-likeness (QED) is 0.190. The molecule has 1 aliphatic heterocycles. The van der Waals surface area contributed by atoms with Crippen LogP contribution in [0.4, 0.5) is 0 Å². The van der Waals surface area contributed by atoms with Crippen molar-refractivity contribution < 1.29 is 9.59 Å². The van der Waals surface area contributed by atoms with Crippen molar-refractivity contribution in [3.63, 3.8) is 0 Å². The van der Waals surface area contributed by atoms with E-state index in [9.17, 15) is 9.59 Å². The molecule has 0 saturated carbocycles. The van der Waals surface area contributed by atoms with E-state index in [0.29, 0.717) is 19.4 Å². The van der Waals surface area contributed by atoms with E-state index in [0.717, 1.165) is 0 Å². The van der Waals surface area contributed by atoms with Crippen LogP contribution in [0.25, 0.3) is 0 Å². The fourth-order valence-electron chi connectivity index (χ4n) is 2.02. The van der Waals surface area contributed by atoms with Crippen molar-refractivity contribution in [2.24, 2.45) is 32.9 Å². The van der Waals surface area contributed by atoms with Crippen LogP contribution in [0.1, 0.15) is 19.3 Å². The SMILES string of the molecule is CN(C(=O)C[C@@H](N)CCCN=C(N)N)C1CN=C(N)NC1=O. The van der Waals surface area contributed by atoms with E-state index in [-0.39, 0.29) is 42.7 Å². The fraction of sp³-hybridized carbons (Fsp3) is 0.667. The average molecular weight is 312 g/mol. The highest BCUT2D eigenvalue weighted by molar-refractivity contribution is 6.01. The first-order valence-corrected chi connectivity index (χ1v) is 6.98. The van der Waals surface area contributed by atoms with Gasteiger partial charge in [-0.3, -0.25) is 24.9 Å². The molecule has 0 fully saturated rings. The summed E-state index contributed by atoms with van der Waals surface area (Å²) in [5.41, 5.74) is 21.7. The summed E-state index contributed by atoms with van der Waals surface area (Å²) in [5.74, 6) is -0.458. The van der Waals surface area contributed by atoms with Gasteiger partial charge in [0.25, 0.3) is 5.91 Å². The molecule has 1 rings (SSSR count). The lowest BCUT2D eigenvalue weighted by atomic mass is 10.1. The van der Waals surface area contributed by atoms with E-state index in [1.807, 2.05) is 0 Å². The fourth-order valence-corrected chi connectivity index (χ4v) is 2.02. The number of rotatable bonds is 7. The number of likely N-dealkylation sites (N-methyl/N-ethyl adjacent to an activating group) is 1. The lowest BCUT2D eigenvalue weighted by molar-refractivity contribution is -0.138. The standard InChI is InChI=1S/C12H24N8O2/c1-20(8-6-18-12(16)19-10(8)22)9(21)5-7(13)3-2-4-17-11(14)15/h7-8H,2-6,13H2,1H3,(H4,14,15,17)(H3,16,18,19,22)/t7-,8?/m0/s1. The van der Waals surface area contributed by atoms with Crippen LogP contribution in [0.5, 0.6) is 0 Å². The van der Waals surface area contributed by atoms with Gasteiger partial charge < -0.3 is 27.8 Å². The maximum atomic E-state index is 12.1. The first-order valence-electron chi connectivity index (χ1n) is 6.98. The highest BCUT2D eigenvalue weighted by Crippen LogP contribution is 2.07. The molecule has 1 aliphatic rings. The third-order valence-electron chi connectivity index (χ3n) is 3.31. The summed E-state index contributed by atoms with van der Waals surface area (Å²) in [6.07, 6.45) is 1.43.